The van der Waals surface area contributed by atoms with Gasteiger partial charge in [-0.25, -0.2) is 0 Å². The van der Waals surface area contributed by atoms with E-state index in [0.717, 1.165) is 0 Å². The maximum absolute atomic E-state index is 12.6. The van der Waals surface area contributed by atoms with Gasteiger partial charge < -0.3 is 14.5 Å². The third-order valence-corrected chi connectivity index (χ3v) is 3.96. The largest absolute Gasteiger partial charge is 0.490 e. The van der Waals surface area contributed by atoms with Crippen molar-refractivity contribution in [3.8, 4) is 5.75 Å². The van der Waals surface area contributed by atoms with Crippen molar-refractivity contribution in [1.29, 1.82) is 0 Å². The highest BCUT2D eigenvalue weighted by Gasteiger charge is 2.31. The van der Waals surface area contributed by atoms with E-state index in [2.05, 4.69) is 6.58 Å². The summed E-state index contributed by atoms with van der Waals surface area (Å²) in [5, 5.41) is 0. The Labute approximate surface area is 143 Å². The van der Waals surface area contributed by atoms with Gasteiger partial charge in [0, 0.05) is 37.2 Å². The molecule has 0 aliphatic carbocycles. The first kappa shape index (κ1) is 18.0. The molecule has 1 saturated heterocycles. The molecule has 1 aliphatic rings. The lowest BCUT2D eigenvalue weighted by Crippen LogP contribution is -2.53. The van der Waals surface area contributed by atoms with E-state index in [-0.39, 0.29) is 17.2 Å². The van der Waals surface area contributed by atoms with Crippen molar-refractivity contribution in [2.45, 2.75) is 20.8 Å². The van der Waals surface area contributed by atoms with Crippen LogP contribution in [0.2, 0.25) is 0 Å². The summed E-state index contributed by atoms with van der Waals surface area (Å²) in [6, 6.07) is 7.12. The Kier molecular flexibility index (Phi) is 5.65. The molecule has 2 rings (SSSR count). The fraction of sp³-hybridized carbons (Fsp3) is 0.474. The second-order valence-electron chi connectivity index (χ2n) is 6.96. The molecule has 1 fully saturated rings. The van der Waals surface area contributed by atoms with Crippen molar-refractivity contribution >= 4 is 11.8 Å². The summed E-state index contributed by atoms with van der Waals surface area (Å²) >= 11 is 0. The number of piperazine rings is 1. The second kappa shape index (κ2) is 7.51. The van der Waals surface area contributed by atoms with E-state index in [0.29, 0.717) is 44.1 Å². The van der Waals surface area contributed by atoms with Crippen LogP contribution in [0.15, 0.2) is 36.9 Å². The maximum atomic E-state index is 12.6. The Bertz CT molecular complexity index is 594. The highest BCUT2D eigenvalue weighted by atomic mass is 16.5. The van der Waals surface area contributed by atoms with E-state index in [1.54, 1.807) is 35.2 Å². The molecule has 5 heteroatoms. The maximum Gasteiger partial charge on any atom is 0.253 e. The van der Waals surface area contributed by atoms with Crippen molar-refractivity contribution in [3.05, 3.63) is 42.5 Å². The molecule has 0 saturated carbocycles. The highest BCUT2D eigenvalue weighted by Crippen LogP contribution is 2.20. The molecule has 130 valence electrons. The van der Waals surface area contributed by atoms with E-state index in [9.17, 15) is 9.59 Å². The van der Waals surface area contributed by atoms with E-state index in [4.69, 9.17) is 4.74 Å². The van der Waals surface area contributed by atoms with Gasteiger partial charge in [-0.15, -0.1) is 0 Å². The number of benzene rings is 1. The standard InChI is InChI=1S/C19H26N2O3/c1-5-14-24-16-8-6-15(7-9-16)17(22)20-10-12-21(13-11-20)18(23)19(2,3)4/h5-9H,1,10-14H2,2-4H3. The van der Waals surface area contributed by atoms with Crippen LogP contribution in [0.3, 0.4) is 0 Å². The second-order valence-corrected chi connectivity index (χ2v) is 6.96. The van der Waals surface area contributed by atoms with Gasteiger partial charge in [0.25, 0.3) is 5.91 Å². The molecule has 1 aliphatic heterocycles. The van der Waals surface area contributed by atoms with Crippen molar-refractivity contribution in [1.82, 2.24) is 9.80 Å². The van der Waals surface area contributed by atoms with Gasteiger partial charge in [0.15, 0.2) is 0 Å². The number of nitrogens with zero attached hydrogens (tertiary/aromatic N) is 2. The lowest BCUT2D eigenvalue weighted by Gasteiger charge is -2.37. The SMILES string of the molecule is C=CCOc1ccc(C(=O)N2CCN(C(=O)C(C)(C)C)CC2)cc1. The number of rotatable bonds is 4. The molecule has 0 bridgehead atoms. The molecular weight excluding hydrogens is 304 g/mol. The van der Waals surface area contributed by atoms with Gasteiger partial charge in [0.05, 0.1) is 0 Å². The van der Waals surface area contributed by atoms with Gasteiger partial charge in [-0.05, 0) is 24.3 Å². The Balaban J connectivity index is 1.93. The van der Waals surface area contributed by atoms with Gasteiger partial charge in [-0.2, -0.15) is 0 Å². The fourth-order valence-electron chi connectivity index (χ4n) is 2.62. The molecule has 1 heterocycles. The lowest BCUT2D eigenvalue weighted by atomic mass is 9.94. The summed E-state index contributed by atoms with van der Waals surface area (Å²) in [6.07, 6.45) is 1.68. The van der Waals surface area contributed by atoms with E-state index in [1.165, 1.54) is 0 Å². The van der Waals surface area contributed by atoms with Crippen LogP contribution in [0.4, 0.5) is 0 Å². The molecule has 1 aromatic carbocycles. The van der Waals surface area contributed by atoms with Crippen molar-refractivity contribution < 1.29 is 14.3 Å². The summed E-state index contributed by atoms with van der Waals surface area (Å²) in [5.74, 6) is 0.846. The van der Waals surface area contributed by atoms with Gasteiger partial charge in [0.2, 0.25) is 5.91 Å². The Morgan fingerprint density at radius 2 is 1.62 bits per heavy atom. The topological polar surface area (TPSA) is 49.9 Å². The first-order chi connectivity index (χ1) is 11.3. The van der Waals surface area contributed by atoms with E-state index in [1.807, 2.05) is 25.7 Å². The fourth-order valence-corrected chi connectivity index (χ4v) is 2.62. The molecule has 0 spiro atoms. The third-order valence-electron chi connectivity index (χ3n) is 3.96. The van der Waals surface area contributed by atoms with Crippen LogP contribution in [0, 0.1) is 5.41 Å². The van der Waals surface area contributed by atoms with E-state index >= 15 is 0 Å². The Morgan fingerprint density at radius 3 is 2.12 bits per heavy atom. The average Bonchev–Trinajstić information content (AvgIpc) is 2.58. The Morgan fingerprint density at radius 1 is 1.08 bits per heavy atom. The first-order valence-corrected chi connectivity index (χ1v) is 8.25. The summed E-state index contributed by atoms with van der Waals surface area (Å²) in [4.78, 5) is 28.5. The van der Waals surface area contributed by atoms with Gasteiger partial charge in [-0.3, -0.25) is 9.59 Å². The molecule has 0 unspecified atom stereocenters. The van der Waals surface area contributed by atoms with Gasteiger partial charge >= 0.3 is 0 Å². The minimum Gasteiger partial charge on any atom is -0.490 e. The molecule has 0 N–H and O–H groups in total. The predicted molar refractivity (Wildman–Crippen MR) is 94.1 cm³/mol. The quantitative estimate of drug-likeness (QED) is 0.797. The summed E-state index contributed by atoms with van der Waals surface area (Å²) in [7, 11) is 0. The van der Waals surface area contributed by atoms with E-state index < -0.39 is 0 Å². The van der Waals surface area contributed by atoms with Gasteiger partial charge in [0.1, 0.15) is 12.4 Å². The van der Waals surface area contributed by atoms with Crippen molar-refractivity contribution in [2.24, 2.45) is 5.41 Å². The van der Waals surface area contributed by atoms with Crippen LogP contribution in [0.5, 0.6) is 5.75 Å². The zero-order valence-corrected chi connectivity index (χ0v) is 14.7. The minimum absolute atomic E-state index is 0.00636. The molecule has 0 aromatic heterocycles. The zero-order valence-electron chi connectivity index (χ0n) is 14.7. The average molecular weight is 330 g/mol. The molecule has 2 amide bonds. The smallest absolute Gasteiger partial charge is 0.253 e. The number of hydrogen-bond acceptors (Lipinski definition) is 3. The van der Waals surface area contributed by atoms with Crippen molar-refractivity contribution in [3.63, 3.8) is 0 Å². The molecule has 0 atom stereocenters. The molecule has 24 heavy (non-hydrogen) atoms. The number of hydrogen-bond donors (Lipinski definition) is 0. The first-order valence-electron chi connectivity index (χ1n) is 8.25. The molecule has 1 aromatic rings. The predicted octanol–water partition coefficient (Wildman–Crippen LogP) is 2.58. The van der Waals surface area contributed by atoms with Crippen LogP contribution in [0.25, 0.3) is 0 Å². The number of ether oxygens (including phenoxy) is 1. The molecular formula is C19H26N2O3. The van der Waals surface area contributed by atoms with Crippen LogP contribution < -0.4 is 4.74 Å². The zero-order chi connectivity index (χ0) is 17.7. The summed E-state index contributed by atoms with van der Waals surface area (Å²) in [5.41, 5.74) is 0.254. The third kappa shape index (κ3) is 4.37. The summed E-state index contributed by atoms with van der Waals surface area (Å²) in [6.45, 7) is 12.1. The van der Waals surface area contributed by atoms with Crippen LogP contribution in [-0.4, -0.2) is 54.4 Å². The number of carbonyl (C=O) groups is 2. The van der Waals surface area contributed by atoms with Crippen LogP contribution in [-0.2, 0) is 4.79 Å². The lowest BCUT2D eigenvalue weighted by molar-refractivity contribution is -0.140. The van der Waals surface area contributed by atoms with Crippen LogP contribution in [0.1, 0.15) is 31.1 Å². The molecule has 0 radical (unpaired) electrons. The number of carbonyl (C=O) groups excluding carboxylic acids is 2. The van der Waals surface area contributed by atoms with Gasteiger partial charge in [-0.1, -0.05) is 33.4 Å². The minimum atomic E-state index is -0.382. The van der Waals surface area contributed by atoms with Crippen molar-refractivity contribution in [2.75, 3.05) is 32.8 Å². The normalized spacial score (nSPS) is 15.1. The Hall–Kier alpha value is -2.30. The highest BCUT2D eigenvalue weighted by molar-refractivity contribution is 5.94. The summed E-state index contributed by atoms with van der Waals surface area (Å²) < 4.78 is 5.42. The molecule has 5 nitrogen and oxygen atoms in total. The van der Waals surface area contributed by atoms with Crippen LogP contribution >= 0.6 is 0 Å². The number of amides is 2. The monoisotopic (exact) mass is 330 g/mol.